The zero-order chi connectivity index (χ0) is 22.3. The number of sulfonamides is 1. The van der Waals surface area contributed by atoms with Gasteiger partial charge in [0.05, 0.1) is 4.90 Å². The summed E-state index contributed by atoms with van der Waals surface area (Å²) in [6, 6.07) is 19.6. The molecule has 5 rings (SSSR count). The molecule has 0 unspecified atom stereocenters. The van der Waals surface area contributed by atoms with Crippen LogP contribution in [0.25, 0.3) is 10.9 Å². The Morgan fingerprint density at radius 2 is 1.75 bits per heavy atom. The van der Waals surface area contributed by atoms with Crippen LogP contribution in [0.15, 0.2) is 71.8 Å². The van der Waals surface area contributed by atoms with Crippen molar-refractivity contribution in [1.82, 2.24) is 13.9 Å². The fraction of sp³-hybridized carbons (Fsp3) is 0.269. The lowest BCUT2D eigenvalue weighted by Gasteiger charge is -2.27. The Labute approximate surface area is 189 Å². The fourth-order valence-corrected chi connectivity index (χ4v) is 6.04. The minimum absolute atomic E-state index is 0.363. The molecule has 1 aliphatic heterocycles. The van der Waals surface area contributed by atoms with Crippen molar-refractivity contribution in [1.29, 1.82) is 0 Å². The highest BCUT2D eigenvalue weighted by Gasteiger charge is 2.31. The number of hydrogen-bond donors (Lipinski definition) is 0. The summed E-state index contributed by atoms with van der Waals surface area (Å²) in [7, 11) is -3.53. The van der Waals surface area contributed by atoms with Gasteiger partial charge in [-0.3, -0.25) is 4.98 Å². The molecular formula is C26H27N3O2S. The Hall–Kier alpha value is -2.96. The van der Waals surface area contributed by atoms with Crippen molar-refractivity contribution in [3.8, 4) is 0 Å². The van der Waals surface area contributed by atoms with Crippen LogP contribution < -0.4 is 0 Å². The summed E-state index contributed by atoms with van der Waals surface area (Å²) >= 11 is 0. The van der Waals surface area contributed by atoms with Crippen molar-refractivity contribution in [2.75, 3.05) is 6.54 Å². The first kappa shape index (κ1) is 20.9. The maximum absolute atomic E-state index is 13.3. The van der Waals surface area contributed by atoms with Gasteiger partial charge in [0.25, 0.3) is 0 Å². The first-order valence-corrected chi connectivity index (χ1v) is 12.4. The number of aromatic nitrogens is 2. The molecule has 2 aromatic carbocycles. The van der Waals surface area contributed by atoms with Crippen molar-refractivity contribution in [2.24, 2.45) is 0 Å². The van der Waals surface area contributed by atoms with E-state index < -0.39 is 10.0 Å². The number of fused-ring (bicyclic) bond motifs is 3. The van der Waals surface area contributed by atoms with Crippen LogP contribution in [0.1, 0.15) is 28.1 Å². The summed E-state index contributed by atoms with van der Waals surface area (Å²) in [5, 5.41) is 1.16. The van der Waals surface area contributed by atoms with E-state index in [0.717, 1.165) is 35.2 Å². The number of benzene rings is 2. The molecule has 5 nitrogen and oxygen atoms in total. The quantitative estimate of drug-likeness (QED) is 0.450. The van der Waals surface area contributed by atoms with Crippen molar-refractivity contribution in [3.63, 3.8) is 0 Å². The van der Waals surface area contributed by atoms with Crippen molar-refractivity contribution in [3.05, 3.63) is 94.9 Å². The molecular weight excluding hydrogens is 418 g/mol. The van der Waals surface area contributed by atoms with E-state index in [4.69, 9.17) is 0 Å². The molecule has 0 spiro atoms. The molecule has 0 saturated carbocycles. The Bertz CT molecular complexity index is 1370. The van der Waals surface area contributed by atoms with E-state index in [1.54, 1.807) is 16.4 Å². The molecule has 1 aliphatic rings. The maximum atomic E-state index is 13.3. The van der Waals surface area contributed by atoms with E-state index in [1.807, 2.05) is 37.4 Å². The van der Waals surface area contributed by atoms with Gasteiger partial charge in [0.15, 0.2) is 0 Å². The highest BCUT2D eigenvalue weighted by Crippen LogP contribution is 2.34. The Morgan fingerprint density at radius 3 is 2.50 bits per heavy atom. The number of hydrogen-bond acceptors (Lipinski definition) is 3. The normalized spacial score (nSPS) is 14.6. The Kier molecular flexibility index (Phi) is 5.35. The van der Waals surface area contributed by atoms with Gasteiger partial charge in [0, 0.05) is 61.0 Å². The molecule has 0 bridgehead atoms. The van der Waals surface area contributed by atoms with Gasteiger partial charge in [-0.15, -0.1) is 0 Å². The average Bonchev–Trinajstić information content (AvgIpc) is 3.11. The molecule has 0 radical (unpaired) electrons. The second kappa shape index (κ2) is 8.19. The van der Waals surface area contributed by atoms with Gasteiger partial charge in [-0.1, -0.05) is 35.4 Å². The van der Waals surface area contributed by atoms with Gasteiger partial charge >= 0.3 is 0 Å². The van der Waals surface area contributed by atoms with E-state index in [2.05, 4.69) is 40.7 Å². The number of nitrogens with zero attached hydrogens (tertiary/aromatic N) is 3. The topological polar surface area (TPSA) is 55.2 Å². The van der Waals surface area contributed by atoms with Gasteiger partial charge in [0.1, 0.15) is 0 Å². The maximum Gasteiger partial charge on any atom is 0.243 e. The largest absolute Gasteiger partial charge is 0.344 e. The van der Waals surface area contributed by atoms with Crippen LogP contribution in [-0.2, 0) is 36.0 Å². The average molecular weight is 446 g/mol. The van der Waals surface area contributed by atoms with E-state index in [9.17, 15) is 8.42 Å². The third-order valence-electron chi connectivity index (χ3n) is 6.35. The molecule has 3 heterocycles. The smallest absolute Gasteiger partial charge is 0.243 e. The molecule has 0 N–H and O–H groups in total. The van der Waals surface area contributed by atoms with E-state index in [1.165, 1.54) is 16.8 Å². The van der Waals surface area contributed by atoms with E-state index in [0.29, 0.717) is 24.4 Å². The van der Waals surface area contributed by atoms with Crippen LogP contribution in [0.2, 0.25) is 0 Å². The van der Waals surface area contributed by atoms with Crippen LogP contribution in [0, 0.1) is 13.8 Å². The summed E-state index contributed by atoms with van der Waals surface area (Å²) in [6.07, 6.45) is 3.38. The molecule has 6 heteroatoms. The summed E-state index contributed by atoms with van der Waals surface area (Å²) in [6.45, 7) is 5.77. The number of rotatable bonds is 5. The number of aryl methyl sites for hydroxylation is 4. The summed E-state index contributed by atoms with van der Waals surface area (Å²) < 4.78 is 30.7. The Morgan fingerprint density at radius 1 is 0.969 bits per heavy atom. The summed E-state index contributed by atoms with van der Waals surface area (Å²) in [4.78, 5) is 4.83. The van der Waals surface area contributed by atoms with Gasteiger partial charge < -0.3 is 4.57 Å². The molecule has 164 valence electrons. The molecule has 0 atom stereocenters. The highest BCUT2D eigenvalue weighted by molar-refractivity contribution is 7.89. The molecule has 4 aromatic rings. The molecule has 32 heavy (non-hydrogen) atoms. The SMILES string of the molecule is Cc1ccc(S(=O)(=O)N2CCc3c(c4cc(C)ccc4n3CCc3ccccn3)C2)cc1. The first-order chi connectivity index (χ1) is 15.4. The van der Waals surface area contributed by atoms with Crippen LogP contribution in [0.3, 0.4) is 0 Å². The highest BCUT2D eigenvalue weighted by atomic mass is 32.2. The predicted octanol–water partition coefficient (Wildman–Crippen LogP) is 4.64. The van der Waals surface area contributed by atoms with E-state index in [-0.39, 0.29) is 0 Å². The first-order valence-electron chi connectivity index (χ1n) is 11.0. The molecule has 0 amide bonds. The predicted molar refractivity (Wildman–Crippen MR) is 127 cm³/mol. The Balaban J connectivity index is 1.52. The monoisotopic (exact) mass is 445 g/mol. The van der Waals surface area contributed by atoms with Gasteiger partial charge in [0.2, 0.25) is 10.0 Å². The van der Waals surface area contributed by atoms with Gasteiger partial charge in [-0.2, -0.15) is 4.31 Å². The van der Waals surface area contributed by atoms with Crippen LogP contribution >= 0.6 is 0 Å². The summed E-state index contributed by atoms with van der Waals surface area (Å²) in [5.74, 6) is 0. The molecule has 0 saturated heterocycles. The van der Waals surface area contributed by atoms with Crippen LogP contribution in [0.4, 0.5) is 0 Å². The molecule has 0 aliphatic carbocycles. The molecule has 0 fully saturated rings. The zero-order valence-corrected chi connectivity index (χ0v) is 19.3. The lowest BCUT2D eigenvalue weighted by molar-refractivity contribution is 0.386. The minimum Gasteiger partial charge on any atom is -0.344 e. The minimum atomic E-state index is -3.53. The second-order valence-corrected chi connectivity index (χ2v) is 10.5. The lowest BCUT2D eigenvalue weighted by Crippen LogP contribution is -2.36. The third-order valence-corrected chi connectivity index (χ3v) is 8.21. The zero-order valence-electron chi connectivity index (χ0n) is 18.5. The van der Waals surface area contributed by atoms with Gasteiger partial charge in [-0.05, 0) is 55.8 Å². The fourth-order valence-electron chi connectivity index (χ4n) is 4.63. The van der Waals surface area contributed by atoms with Crippen molar-refractivity contribution >= 4 is 20.9 Å². The number of pyridine rings is 1. The third kappa shape index (κ3) is 3.74. The standard InChI is InChI=1S/C26H27N3O2S/c1-19-6-9-22(10-7-19)32(30,31)28-15-13-26-24(18-28)23-17-20(2)8-11-25(23)29(26)16-12-21-5-3-4-14-27-21/h3-11,14,17H,12-13,15-16,18H2,1-2H3. The molecule has 2 aromatic heterocycles. The lowest BCUT2D eigenvalue weighted by atomic mass is 10.0. The van der Waals surface area contributed by atoms with Crippen LogP contribution in [0.5, 0.6) is 0 Å². The van der Waals surface area contributed by atoms with Crippen molar-refractivity contribution in [2.45, 2.75) is 44.7 Å². The van der Waals surface area contributed by atoms with Gasteiger partial charge in [-0.25, -0.2) is 8.42 Å². The van der Waals surface area contributed by atoms with Crippen molar-refractivity contribution < 1.29 is 8.42 Å². The second-order valence-electron chi connectivity index (χ2n) is 8.57. The van der Waals surface area contributed by atoms with Crippen LogP contribution in [-0.4, -0.2) is 28.8 Å². The summed E-state index contributed by atoms with van der Waals surface area (Å²) in [5.41, 5.74) is 6.85. The van der Waals surface area contributed by atoms with E-state index >= 15 is 0 Å².